The zero-order chi connectivity index (χ0) is 86.8. The number of benzene rings is 3. The van der Waals surface area contributed by atoms with Crippen molar-refractivity contribution in [2.75, 3.05) is 58.5 Å². The summed E-state index contributed by atoms with van der Waals surface area (Å²) in [4.78, 5) is 157. The molecule has 0 aliphatic carbocycles. The third-order valence-electron chi connectivity index (χ3n) is 20.2. The van der Waals surface area contributed by atoms with Crippen LogP contribution in [0.3, 0.4) is 0 Å². The molecule has 32 nitrogen and oxygen atoms in total. The molecule has 117 heavy (non-hydrogen) atoms. The van der Waals surface area contributed by atoms with Gasteiger partial charge in [0.25, 0.3) is 5.91 Å². The number of esters is 1. The van der Waals surface area contributed by atoms with Crippen molar-refractivity contribution in [3.63, 3.8) is 0 Å². The molecule has 7 atom stereocenters. The van der Waals surface area contributed by atoms with Gasteiger partial charge in [0.05, 0.1) is 87.4 Å². The zero-order valence-corrected chi connectivity index (χ0v) is 65.3. The molecular formula is C74H87F10N12O20P. The van der Waals surface area contributed by atoms with Crippen molar-refractivity contribution in [1.82, 2.24) is 55.9 Å². The number of carboxylic acids is 3. The number of ether oxygens (including phenoxy) is 4. The Bertz CT molecular complexity index is 4560. The molecule has 43 heteroatoms. The maximum Gasteiger partial charge on any atom is 0.524 e. The number of alkyl halides is 8. The average molecular weight is 1690 g/mol. The number of alkyl carbamates (subject to hydrolysis) is 2. The van der Waals surface area contributed by atoms with Crippen LogP contribution >= 0.6 is 7.82 Å². The molecule has 3 aliphatic heterocycles. The molecule has 2 unspecified atom stereocenters. The standard InChI is InChI=1S/C74H87F10N12O20P/c1-39-24-44(29-56(97)94(22-21-58(100)101)53(65(105)106)18-19-57(98)99)60(54(25-39)116-117(109,110)111)70(2,3)30-59(102)115-55(36-93(91-64(104)62(89-69(108)113-9)72(6,7)74(82,83)84)35-48-49(75)27-43(28-50(48)76)51-20-23-95(90-51)66(77)78)52(87-63(103)61(88-68(107)112-8)71(4,5)73(79,80)81)26-41-13-10-40(11-14-41)12-15-42-31-85-67(86-32-42)92-33-45-16-17-46(34-92)96(45)47-37-114-38-47/h10-11,13-14,20,23-25,27-28,31-32,45-47,52-53,55,61-62,66H,16-19,21-22,26,29-30,33-38H2,1-9H3,(H,87,103)(H,88,107)(H,89,108)(H,91,104)(H,98,99)(H,100,101)(H,105,106)(H2,109,110,111)/t45?,46?,52-,53-,55-,61+,62+/m0/s1. The summed E-state index contributed by atoms with van der Waals surface area (Å²) in [5.74, 6) is -9.10. The van der Waals surface area contributed by atoms with E-state index in [4.69, 9.17) is 14.0 Å². The molecule has 0 radical (unpaired) electrons. The highest BCUT2D eigenvalue weighted by Crippen LogP contribution is 2.47. The molecule has 3 aliphatic rings. The average Bonchev–Trinajstić information content (AvgIpc) is 1.69. The number of rotatable bonds is 35. The number of carbonyl (C=O) groups is 9. The normalized spacial score (nSPS) is 16.8. The number of amides is 5. The van der Waals surface area contributed by atoms with E-state index in [2.05, 4.69) is 51.5 Å². The number of carboxylic acid groups (broad SMARTS) is 3. The van der Waals surface area contributed by atoms with Crippen LogP contribution in [-0.2, 0) is 81.9 Å². The van der Waals surface area contributed by atoms with Gasteiger partial charge < -0.3 is 64.5 Å². The number of hydrazine groups is 1. The zero-order valence-electron chi connectivity index (χ0n) is 64.4. The maximum atomic E-state index is 16.9. The molecule has 0 saturated carbocycles. The first-order chi connectivity index (χ1) is 54.5. The summed E-state index contributed by atoms with van der Waals surface area (Å²) < 4.78 is 192. The first kappa shape index (κ1) is 91.8. The predicted octanol–water partition coefficient (Wildman–Crippen LogP) is 7.88. The first-order valence-corrected chi connectivity index (χ1v) is 37.6. The third kappa shape index (κ3) is 23.6. The first-order valence-electron chi connectivity index (χ1n) is 36.1. The second-order valence-electron chi connectivity index (χ2n) is 29.9. The van der Waals surface area contributed by atoms with Gasteiger partial charge >= 0.3 is 62.8 Å². The van der Waals surface area contributed by atoms with Gasteiger partial charge in [-0.05, 0) is 113 Å². The number of aryl methyl sites for hydroxylation is 1. The van der Waals surface area contributed by atoms with E-state index in [1.807, 2.05) is 10.7 Å². The molecule has 638 valence electrons. The number of hydrogen-bond acceptors (Lipinski definition) is 21. The van der Waals surface area contributed by atoms with Gasteiger partial charge in [-0.3, -0.25) is 48.9 Å². The van der Waals surface area contributed by atoms with E-state index in [0.717, 1.165) is 52.1 Å². The molecule has 3 saturated heterocycles. The van der Waals surface area contributed by atoms with E-state index < -0.39 is 225 Å². The van der Waals surface area contributed by atoms with E-state index >= 15 is 44.7 Å². The number of phosphoric acid groups is 1. The molecule has 5 aromatic rings. The van der Waals surface area contributed by atoms with Gasteiger partial charge in [-0.25, -0.2) is 47.4 Å². The van der Waals surface area contributed by atoms with Crippen LogP contribution in [0.4, 0.5) is 59.4 Å². The van der Waals surface area contributed by atoms with Crippen LogP contribution in [0.15, 0.2) is 73.2 Å². The smallest absolute Gasteiger partial charge is 0.481 e. The molecule has 9 N–H and O–H groups in total. The molecule has 0 spiro atoms. The highest BCUT2D eigenvalue weighted by molar-refractivity contribution is 7.46. The van der Waals surface area contributed by atoms with Crippen molar-refractivity contribution in [1.29, 1.82) is 0 Å². The molecule has 5 heterocycles. The monoisotopic (exact) mass is 1680 g/mol. The fraction of sp³-hybridized carbons (Fsp3) is 0.514. The lowest BCUT2D eigenvalue weighted by molar-refractivity contribution is -0.221. The van der Waals surface area contributed by atoms with Crippen LogP contribution in [-0.4, -0.2) is 228 Å². The van der Waals surface area contributed by atoms with E-state index in [0.29, 0.717) is 101 Å². The molecule has 5 amide bonds. The fourth-order valence-corrected chi connectivity index (χ4v) is 14.3. The van der Waals surface area contributed by atoms with Gasteiger partial charge in [-0.2, -0.15) is 40.2 Å². The number of anilines is 1. The summed E-state index contributed by atoms with van der Waals surface area (Å²) in [7, 11) is -4.33. The number of carbonyl (C=O) groups excluding carboxylic acids is 6. The number of halogens is 10. The quantitative estimate of drug-likeness (QED) is 0.00465. The summed E-state index contributed by atoms with van der Waals surface area (Å²) in [6, 6.07) is 0.822. The summed E-state index contributed by atoms with van der Waals surface area (Å²) >= 11 is 0. The maximum absolute atomic E-state index is 16.9. The SMILES string of the molecule is COC(=O)N[C@H](C(=O)N[C@@H](Cc1ccc(C#Cc2cnc(N3CC4CCC(C3)N4C3COC3)nc2)cc1)[C@H](CN(Cc1c(F)cc(-c2ccn(C(F)F)n2)cc1F)NC(=O)[C@@H](NC(=O)OC)C(C)(C)C(F)(F)F)OC(=O)CC(C)(C)c1c(CC(=O)N(CCC(=O)O)[C@@H](CCC(=O)O)C(=O)O)cc(C)cc1OP(=O)(O)O)C(C)(C)C(F)(F)F. The van der Waals surface area contributed by atoms with Crippen molar-refractivity contribution < 1.29 is 140 Å². The Labute approximate surface area is 662 Å². The Morgan fingerprint density at radius 1 is 0.735 bits per heavy atom. The fourth-order valence-electron chi connectivity index (χ4n) is 13.9. The molecule has 2 bridgehead atoms. The highest BCUT2D eigenvalue weighted by Gasteiger charge is 2.58. The number of phosphoric ester groups is 1. The van der Waals surface area contributed by atoms with Crippen LogP contribution in [0.1, 0.15) is 126 Å². The summed E-state index contributed by atoms with van der Waals surface area (Å²) in [6.45, 7) is 1.13. The Morgan fingerprint density at radius 2 is 1.29 bits per heavy atom. The van der Waals surface area contributed by atoms with Gasteiger partial charge in [-0.15, -0.1) is 0 Å². The molecular weight excluding hydrogens is 1600 g/mol. The van der Waals surface area contributed by atoms with Crippen LogP contribution in [0.5, 0.6) is 5.75 Å². The Hall–Kier alpha value is -10.7. The van der Waals surface area contributed by atoms with E-state index in [9.17, 15) is 72.0 Å². The minimum atomic E-state index is -5.75. The van der Waals surface area contributed by atoms with Crippen LogP contribution in [0, 0.1) is 41.2 Å². The Kier molecular flexibility index (Phi) is 29.6. The molecule has 3 fully saturated rings. The number of aromatic nitrogens is 4. The van der Waals surface area contributed by atoms with Crippen molar-refractivity contribution in [3.05, 3.63) is 124 Å². The highest BCUT2D eigenvalue weighted by atomic mass is 31.2. The van der Waals surface area contributed by atoms with E-state index in [1.54, 1.807) is 5.32 Å². The van der Waals surface area contributed by atoms with E-state index in [1.165, 1.54) is 49.6 Å². The minimum Gasteiger partial charge on any atom is -0.481 e. The Morgan fingerprint density at radius 3 is 1.79 bits per heavy atom. The summed E-state index contributed by atoms with van der Waals surface area (Å²) in [5, 5.41) is 39.3. The number of piperazine rings is 1. The molecule has 8 rings (SSSR count). The number of methoxy groups -OCH3 is 2. The second-order valence-corrected chi connectivity index (χ2v) is 31.1. The number of nitrogens with zero attached hydrogens (tertiary/aromatic N) is 8. The lowest BCUT2D eigenvalue weighted by Gasteiger charge is -2.47. The summed E-state index contributed by atoms with van der Waals surface area (Å²) in [6.07, 6.45) is -16.5. The van der Waals surface area contributed by atoms with Gasteiger partial charge in [0.2, 0.25) is 17.8 Å². The van der Waals surface area contributed by atoms with Crippen molar-refractivity contribution in [3.8, 4) is 28.8 Å². The van der Waals surface area contributed by atoms with Crippen LogP contribution in [0.2, 0.25) is 0 Å². The van der Waals surface area contributed by atoms with Crippen molar-refractivity contribution in [2.45, 2.75) is 179 Å². The van der Waals surface area contributed by atoms with E-state index in [-0.39, 0.29) is 39.0 Å². The number of hydrogen-bond donors (Lipinski definition) is 9. The van der Waals surface area contributed by atoms with Gasteiger partial charge in [0.15, 0.2) is 0 Å². The molecule has 2 aromatic heterocycles. The number of nitrogens with one attached hydrogen (secondary N) is 4. The third-order valence-corrected chi connectivity index (χ3v) is 20.7. The van der Waals surface area contributed by atoms with Crippen molar-refractivity contribution in [2.24, 2.45) is 10.8 Å². The van der Waals surface area contributed by atoms with Crippen LogP contribution in [0.25, 0.3) is 11.3 Å². The molecule has 3 aromatic carbocycles. The predicted molar refractivity (Wildman–Crippen MR) is 389 cm³/mol. The van der Waals surface area contributed by atoms with Crippen LogP contribution < -0.4 is 30.8 Å². The van der Waals surface area contributed by atoms with Gasteiger partial charge in [-0.1, -0.05) is 43.9 Å². The number of fused-ring (bicyclic) bond motifs is 2. The van der Waals surface area contributed by atoms with Gasteiger partial charge in [0.1, 0.15) is 41.6 Å². The van der Waals surface area contributed by atoms with Gasteiger partial charge in [0, 0.05) is 90.9 Å². The Balaban J connectivity index is 1.29. The minimum absolute atomic E-state index is 0.0249. The van der Waals surface area contributed by atoms with Crippen molar-refractivity contribution >= 4 is 67.6 Å². The lowest BCUT2D eigenvalue weighted by Crippen LogP contribution is -2.64. The number of aliphatic carboxylic acids is 3. The summed E-state index contributed by atoms with van der Waals surface area (Å²) in [5.41, 5.74) is -9.06. The second kappa shape index (κ2) is 37.7. The largest absolute Gasteiger partial charge is 0.524 e. The topological polar surface area (TPSA) is 423 Å². The lowest BCUT2D eigenvalue weighted by atomic mass is 9.77.